The highest BCUT2D eigenvalue weighted by Gasteiger charge is 2.33. The van der Waals surface area contributed by atoms with E-state index in [0.717, 1.165) is 61.2 Å². The number of amides is 2. The van der Waals surface area contributed by atoms with Gasteiger partial charge in [-0.25, -0.2) is 4.79 Å². The molecule has 1 N–H and O–H groups in total. The molecule has 1 fully saturated rings. The zero-order chi connectivity index (χ0) is 53.2. The Bertz CT molecular complexity index is 2670. The third-order valence-corrected chi connectivity index (χ3v) is 13.4. The number of hydrogen-bond acceptors (Lipinski definition) is 16. The van der Waals surface area contributed by atoms with E-state index in [1.807, 2.05) is 18.2 Å². The topological polar surface area (TPSA) is 159 Å². The van der Waals surface area contributed by atoms with Gasteiger partial charge in [-0.05, 0) is 98.5 Å². The largest absolute Gasteiger partial charge is 0.490 e. The quantitative estimate of drug-likeness (QED) is 0.0405. The van der Waals surface area contributed by atoms with Crippen molar-refractivity contribution in [3.05, 3.63) is 125 Å². The average Bonchev–Trinajstić information content (AvgIpc) is 3.43. The third kappa shape index (κ3) is 14.5. The molecule has 4 heterocycles. The van der Waals surface area contributed by atoms with Crippen molar-refractivity contribution in [2.75, 3.05) is 165 Å². The lowest BCUT2D eigenvalue weighted by Gasteiger charge is -2.30. The zero-order valence-electron chi connectivity index (χ0n) is 44.5. The maximum atomic E-state index is 13.7. The van der Waals surface area contributed by atoms with E-state index < -0.39 is 17.8 Å². The number of carbonyl (C=O) groups excluding carboxylic acids is 3. The fourth-order valence-electron chi connectivity index (χ4n) is 9.45. The number of anilines is 4. The Balaban J connectivity index is 1.05. The molecule has 406 valence electrons. The first kappa shape index (κ1) is 55.3. The van der Waals surface area contributed by atoms with Crippen molar-refractivity contribution in [1.82, 2.24) is 4.90 Å². The molecule has 17 nitrogen and oxygen atoms in total. The van der Waals surface area contributed by atoms with E-state index in [1.165, 1.54) is 0 Å². The van der Waals surface area contributed by atoms with Gasteiger partial charge in [-0.1, -0.05) is 36.9 Å². The Kier molecular flexibility index (Phi) is 20.2. The van der Waals surface area contributed by atoms with E-state index in [4.69, 9.17) is 42.6 Å². The number of imide groups is 1. The van der Waals surface area contributed by atoms with Crippen LogP contribution in [-0.2, 0) is 39.6 Å². The van der Waals surface area contributed by atoms with Crippen LogP contribution in [0.4, 0.5) is 22.7 Å². The fourth-order valence-corrected chi connectivity index (χ4v) is 9.45. The first-order valence-corrected chi connectivity index (χ1v) is 26.4. The number of rotatable bonds is 13. The van der Waals surface area contributed by atoms with Gasteiger partial charge >= 0.3 is 5.97 Å². The number of aryl methyl sites for hydroxylation is 2. The summed E-state index contributed by atoms with van der Waals surface area (Å²) in [6, 6.07) is 28.0. The molecule has 0 atom stereocenters. The lowest BCUT2D eigenvalue weighted by Crippen LogP contribution is -2.42. The van der Waals surface area contributed by atoms with Gasteiger partial charge in [0.1, 0.15) is 43.7 Å². The summed E-state index contributed by atoms with van der Waals surface area (Å²) in [5, 5.41) is 4.93. The number of hydrogen-bond donors (Lipinski definition) is 1. The number of carbonyl (C=O) groups is 3. The summed E-state index contributed by atoms with van der Waals surface area (Å²) >= 11 is 0. The number of nitrogens with zero attached hydrogens (tertiary/aromatic N) is 4. The van der Waals surface area contributed by atoms with Crippen molar-refractivity contribution < 1.29 is 57.0 Å². The summed E-state index contributed by atoms with van der Waals surface area (Å²) in [5.41, 5.74) is 7.89. The highest BCUT2D eigenvalue weighted by Crippen LogP contribution is 2.36. The Hall–Kier alpha value is -6.89. The Morgan fingerprint density at radius 1 is 0.618 bits per heavy atom. The van der Waals surface area contributed by atoms with Crippen LogP contribution >= 0.6 is 0 Å². The van der Waals surface area contributed by atoms with Crippen LogP contribution in [0.1, 0.15) is 44.3 Å². The molecule has 0 aliphatic carbocycles. The molecule has 17 heteroatoms. The minimum Gasteiger partial charge on any atom is -0.490 e. The second kappa shape index (κ2) is 27.8. The van der Waals surface area contributed by atoms with E-state index in [-0.39, 0.29) is 18.7 Å². The number of fused-ring (bicyclic) bond motifs is 20. The Morgan fingerprint density at radius 2 is 1.16 bits per heavy atom. The van der Waals surface area contributed by atoms with Gasteiger partial charge in [0.05, 0.1) is 96.2 Å². The van der Waals surface area contributed by atoms with E-state index in [0.29, 0.717) is 154 Å². The molecular weight excluding hydrogens is 971 g/mol. The van der Waals surface area contributed by atoms with Crippen LogP contribution in [-0.4, -0.2) is 168 Å². The van der Waals surface area contributed by atoms with Gasteiger partial charge in [-0.2, -0.15) is 0 Å². The molecule has 9 rings (SSSR count). The van der Waals surface area contributed by atoms with E-state index >= 15 is 0 Å². The second-order valence-corrected chi connectivity index (χ2v) is 18.9. The number of nitrogens with one attached hydrogen (secondary N) is 1. The van der Waals surface area contributed by atoms with Gasteiger partial charge in [0.2, 0.25) is 0 Å². The van der Waals surface area contributed by atoms with Crippen LogP contribution in [0.15, 0.2) is 97.1 Å². The second-order valence-electron chi connectivity index (χ2n) is 18.9. The van der Waals surface area contributed by atoms with Crippen molar-refractivity contribution in [2.24, 2.45) is 0 Å². The maximum absolute atomic E-state index is 13.7. The van der Waals surface area contributed by atoms with Crippen LogP contribution in [0.5, 0.6) is 17.2 Å². The zero-order valence-corrected chi connectivity index (χ0v) is 44.5. The molecule has 76 heavy (non-hydrogen) atoms. The van der Waals surface area contributed by atoms with Crippen molar-refractivity contribution in [2.45, 2.75) is 27.2 Å². The molecule has 0 radical (unpaired) electrons. The SMILES string of the molecule is C=C(C)C(=O)OCCN1C(=O)c2cccc3c(NCCc4ccc(N5CCOc6cc(C)ccc6N6CCOCCOCCN(CCOCCOCC6)c6ccc(C)cc6OCC5)c(OCCOC)c4)ccc(c23)C1=O. The Labute approximate surface area is 446 Å². The molecule has 4 aliphatic rings. The number of esters is 1. The standard InChI is InChI=1S/C59H73N5O12/c1-42(2)59(67)76-32-25-64-57(65)47-8-6-7-46-49(13-12-48(56(46)47)58(64)66)60-18-17-45-11-16-52(55(41-45)75-38-33-68-5)63-23-30-73-53-39-43(3)9-14-50(53)61-19-26-69-34-36-71-28-21-62(22-29-72-37-35-70-27-20-61)51-15-10-44(4)40-54(51)74-31-24-63/h6-16,39-41,60H,1,17-38H2,2-5H3. The maximum Gasteiger partial charge on any atom is 0.333 e. The molecule has 5 aromatic carbocycles. The highest BCUT2D eigenvalue weighted by molar-refractivity contribution is 6.26. The molecule has 2 amide bonds. The van der Waals surface area contributed by atoms with Crippen molar-refractivity contribution in [3.8, 4) is 17.2 Å². The van der Waals surface area contributed by atoms with Crippen molar-refractivity contribution >= 4 is 51.3 Å². The lowest BCUT2D eigenvalue weighted by atomic mass is 9.93. The van der Waals surface area contributed by atoms with Gasteiger partial charge in [-0.15, -0.1) is 0 Å². The predicted octanol–water partition coefficient (Wildman–Crippen LogP) is 7.52. The van der Waals surface area contributed by atoms with Gasteiger partial charge in [0.15, 0.2) is 0 Å². The Morgan fingerprint density at radius 3 is 1.72 bits per heavy atom. The van der Waals surface area contributed by atoms with E-state index in [2.05, 4.69) is 95.0 Å². The van der Waals surface area contributed by atoms with Crippen molar-refractivity contribution in [1.29, 1.82) is 0 Å². The van der Waals surface area contributed by atoms with E-state index in [1.54, 1.807) is 26.2 Å². The molecule has 4 aliphatic heterocycles. The van der Waals surface area contributed by atoms with Crippen LogP contribution < -0.4 is 34.2 Å². The fraction of sp³-hybridized carbons (Fsp3) is 0.441. The van der Waals surface area contributed by atoms with Gasteiger partial charge in [0, 0.05) is 73.0 Å². The first-order valence-electron chi connectivity index (χ1n) is 26.4. The monoisotopic (exact) mass is 1040 g/mol. The lowest BCUT2D eigenvalue weighted by molar-refractivity contribution is -0.139. The highest BCUT2D eigenvalue weighted by atomic mass is 16.5. The molecule has 0 spiro atoms. The van der Waals surface area contributed by atoms with Gasteiger partial charge in [0.25, 0.3) is 11.8 Å². The van der Waals surface area contributed by atoms with Gasteiger partial charge in [-0.3, -0.25) is 14.5 Å². The van der Waals surface area contributed by atoms with Crippen LogP contribution in [0.25, 0.3) is 10.8 Å². The van der Waals surface area contributed by atoms with Crippen LogP contribution in [0.3, 0.4) is 0 Å². The summed E-state index contributed by atoms with van der Waals surface area (Å²) in [5.74, 6) is 0.807. The van der Waals surface area contributed by atoms with E-state index in [9.17, 15) is 14.4 Å². The molecule has 0 aromatic heterocycles. The number of methoxy groups -OCH3 is 1. The smallest absolute Gasteiger partial charge is 0.333 e. The van der Waals surface area contributed by atoms with Crippen LogP contribution in [0.2, 0.25) is 0 Å². The molecule has 5 aromatic rings. The molecular formula is C59H73N5O12. The summed E-state index contributed by atoms with van der Waals surface area (Å²) in [6.45, 7) is 18.7. The van der Waals surface area contributed by atoms with Crippen LogP contribution in [0, 0.1) is 13.8 Å². The van der Waals surface area contributed by atoms with Crippen molar-refractivity contribution in [3.63, 3.8) is 0 Å². The normalized spacial score (nSPS) is 16.5. The molecule has 2 bridgehead atoms. The predicted molar refractivity (Wildman–Crippen MR) is 294 cm³/mol. The first-order chi connectivity index (χ1) is 37.1. The number of ether oxygens (including phenoxy) is 9. The third-order valence-electron chi connectivity index (χ3n) is 13.4. The minimum atomic E-state index is -0.574. The average molecular weight is 1040 g/mol. The summed E-state index contributed by atoms with van der Waals surface area (Å²) < 4.78 is 55.2. The summed E-state index contributed by atoms with van der Waals surface area (Å²) in [4.78, 5) is 47.3. The summed E-state index contributed by atoms with van der Waals surface area (Å²) in [7, 11) is 1.66. The summed E-state index contributed by atoms with van der Waals surface area (Å²) in [6.07, 6.45) is 0.635. The molecule has 0 saturated carbocycles. The van der Waals surface area contributed by atoms with Gasteiger partial charge < -0.3 is 62.6 Å². The number of benzene rings is 5. The molecule has 1 saturated heterocycles. The molecule has 0 unspecified atom stereocenters. The minimum absolute atomic E-state index is 0.0675.